The van der Waals surface area contributed by atoms with Crippen molar-refractivity contribution in [1.82, 2.24) is 9.29 Å². The summed E-state index contributed by atoms with van der Waals surface area (Å²) >= 11 is 0. The number of aryl methyl sites for hydroxylation is 1. The molecule has 1 amide bonds. The molecular formula is C15H19N3O4S. The van der Waals surface area contributed by atoms with Gasteiger partial charge in [-0.25, -0.2) is 8.42 Å². The summed E-state index contributed by atoms with van der Waals surface area (Å²) < 4.78 is 31.7. The molecular weight excluding hydrogens is 318 g/mol. The summed E-state index contributed by atoms with van der Waals surface area (Å²) in [6, 6.07) is 6.77. The number of aromatic nitrogens is 1. The number of nitrogens with zero attached hydrogens (tertiary/aromatic N) is 2. The number of hydrogen-bond acceptors (Lipinski definition) is 5. The fourth-order valence-electron chi connectivity index (χ4n) is 2.24. The van der Waals surface area contributed by atoms with Crippen LogP contribution in [0.15, 0.2) is 35.4 Å². The molecule has 2 aromatic rings. The Morgan fingerprint density at radius 3 is 2.78 bits per heavy atom. The van der Waals surface area contributed by atoms with Crippen molar-refractivity contribution in [2.24, 2.45) is 5.73 Å². The van der Waals surface area contributed by atoms with Crippen LogP contribution in [0.25, 0.3) is 10.9 Å². The Balaban J connectivity index is 2.54. The van der Waals surface area contributed by atoms with Gasteiger partial charge < -0.3 is 10.5 Å². The third-order valence-electron chi connectivity index (χ3n) is 3.31. The maximum absolute atomic E-state index is 12.9. The van der Waals surface area contributed by atoms with Crippen LogP contribution in [0, 0.1) is 6.92 Å². The molecule has 0 radical (unpaired) electrons. The largest absolute Gasteiger partial charge is 0.383 e. The summed E-state index contributed by atoms with van der Waals surface area (Å²) in [5.74, 6) is -0.728. The summed E-state index contributed by atoms with van der Waals surface area (Å²) in [6.45, 7) is 1.66. The lowest BCUT2D eigenvalue weighted by atomic mass is 10.2. The van der Waals surface area contributed by atoms with Crippen LogP contribution in [0.4, 0.5) is 0 Å². The number of amides is 1. The van der Waals surface area contributed by atoms with Gasteiger partial charge in [-0.15, -0.1) is 0 Å². The molecule has 2 N–H and O–H groups in total. The quantitative estimate of drug-likeness (QED) is 0.800. The highest BCUT2D eigenvalue weighted by atomic mass is 32.2. The van der Waals surface area contributed by atoms with Gasteiger partial charge in [0, 0.05) is 25.2 Å². The lowest BCUT2D eigenvalue weighted by Gasteiger charge is -2.21. The maximum atomic E-state index is 12.9. The number of rotatable bonds is 7. The molecule has 23 heavy (non-hydrogen) atoms. The lowest BCUT2D eigenvalue weighted by Crippen LogP contribution is -2.40. The zero-order valence-electron chi connectivity index (χ0n) is 13.0. The molecule has 0 aliphatic carbocycles. The van der Waals surface area contributed by atoms with Crippen molar-refractivity contribution in [3.05, 3.63) is 36.0 Å². The number of para-hydroxylation sites is 1. The van der Waals surface area contributed by atoms with Crippen LogP contribution < -0.4 is 5.73 Å². The van der Waals surface area contributed by atoms with Crippen molar-refractivity contribution in [3.8, 4) is 0 Å². The van der Waals surface area contributed by atoms with Gasteiger partial charge in [0.15, 0.2) is 0 Å². The number of ether oxygens (including phenoxy) is 1. The average molecular weight is 337 g/mol. The smallest absolute Gasteiger partial charge is 0.245 e. The number of carbonyl (C=O) groups is 1. The molecule has 8 heteroatoms. The van der Waals surface area contributed by atoms with E-state index in [2.05, 4.69) is 4.98 Å². The lowest BCUT2D eigenvalue weighted by molar-refractivity contribution is -0.118. The molecule has 0 saturated heterocycles. The van der Waals surface area contributed by atoms with Crippen molar-refractivity contribution < 1.29 is 17.9 Å². The predicted octanol–water partition coefficient (Wildman–Crippen LogP) is 0.666. The van der Waals surface area contributed by atoms with Crippen molar-refractivity contribution in [2.75, 3.05) is 26.8 Å². The third-order valence-corrected chi connectivity index (χ3v) is 5.18. The number of pyridine rings is 1. The zero-order chi connectivity index (χ0) is 17.0. The number of nitrogens with two attached hydrogens (primary N) is 1. The number of sulfonamides is 1. The first-order valence-corrected chi connectivity index (χ1v) is 8.43. The second-order valence-corrected chi connectivity index (χ2v) is 7.04. The van der Waals surface area contributed by atoms with E-state index in [9.17, 15) is 13.2 Å². The Hall–Kier alpha value is -2.03. The fourth-order valence-corrected chi connectivity index (χ4v) is 3.80. The Kier molecular flexibility index (Phi) is 5.30. The monoisotopic (exact) mass is 337 g/mol. The van der Waals surface area contributed by atoms with E-state index in [-0.39, 0.29) is 18.0 Å². The molecule has 0 unspecified atom stereocenters. The Morgan fingerprint density at radius 2 is 2.13 bits per heavy atom. The van der Waals surface area contributed by atoms with Gasteiger partial charge in [-0.1, -0.05) is 12.1 Å². The number of fused-ring (bicyclic) bond motifs is 1. The standard InChI is InChI=1S/C15H19N3O4S/c1-11-8-12-4-3-5-13(15(12)17-9-11)23(20,21)18(6-7-22-2)10-14(16)19/h3-5,8-9H,6-7,10H2,1-2H3,(H2,16,19). The fraction of sp³-hybridized carbons (Fsp3) is 0.333. The van der Waals surface area contributed by atoms with Crippen LogP contribution in [0.3, 0.4) is 0 Å². The minimum Gasteiger partial charge on any atom is -0.383 e. The molecule has 1 heterocycles. The second-order valence-electron chi connectivity index (χ2n) is 5.14. The summed E-state index contributed by atoms with van der Waals surface area (Å²) in [6.07, 6.45) is 1.61. The predicted molar refractivity (Wildman–Crippen MR) is 86.3 cm³/mol. The van der Waals surface area contributed by atoms with E-state index in [4.69, 9.17) is 10.5 Å². The molecule has 0 aliphatic heterocycles. The Labute approximate surface area is 135 Å². The number of primary amides is 1. The Bertz CT molecular complexity index is 821. The number of benzene rings is 1. The molecule has 7 nitrogen and oxygen atoms in total. The minimum atomic E-state index is -3.92. The van der Waals surface area contributed by atoms with E-state index in [1.165, 1.54) is 13.2 Å². The van der Waals surface area contributed by atoms with Gasteiger partial charge in [-0.3, -0.25) is 9.78 Å². The molecule has 0 saturated carbocycles. The summed E-state index contributed by atoms with van der Waals surface area (Å²) in [5, 5.41) is 0.719. The van der Waals surface area contributed by atoms with Gasteiger partial charge in [-0.2, -0.15) is 4.31 Å². The van der Waals surface area contributed by atoms with Crippen LogP contribution in [-0.4, -0.2) is 50.4 Å². The summed E-state index contributed by atoms with van der Waals surface area (Å²) in [7, 11) is -2.46. The normalized spacial score (nSPS) is 12.0. The van der Waals surface area contributed by atoms with Gasteiger partial charge in [-0.05, 0) is 24.6 Å². The molecule has 0 spiro atoms. The molecule has 0 fully saturated rings. The van der Waals surface area contributed by atoms with E-state index >= 15 is 0 Å². The summed E-state index contributed by atoms with van der Waals surface area (Å²) in [5.41, 5.74) is 6.47. The average Bonchev–Trinajstić information content (AvgIpc) is 2.50. The first-order chi connectivity index (χ1) is 10.9. The second kappa shape index (κ2) is 7.03. The molecule has 0 aliphatic rings. The highest BCUT2D eigenvalue weighted by Gasteiger charge is 2.27. The number of hydrogen-bond donors (Lipinski definition) is 1. The van der Waals surface area contributed by atoms with E-state index < -0.39 is 22.5 Å². The minimum absolute atomic E-state index is 0.0318. The highest BCUT2D eigenvalue weighted by Crippen LogP contribution is 2.24. The van der Waals surface area contributed by atoms with Crippen LogP contribution in [0.5, 0.6) is 0 Å². The van der Waals surface area contributed by atoms with Gasteiger partial charge in [0.25, 0.3) is 0 Å². The Morgan fingerprint density at radius 1 is 1.39 bits per heavy atom. The van der Waals surface area contributed by atoms with Crippen LogP contribution in [0.1, 0.15) is 5.56 Å². The highest BCUT2D eigenvalue weighted by molar-refractivity contribution is 7.89. The van der Waals surface area contributed by atoms with Crippen LogP contribution in [0.2, 0.25) is 0 Å². The zero-order valence-corrected chi connectivity index (χ0v) is 13.8. The number of carbonyl (C=O) groups excluding carboxylic acids is 1. The third kappa shape index (κ3) is 3.84. The van der Waals surface area contributed by atoms with Gasteiger partial charge >= 0.3 is 0 Å². The molecule has 1 aromatic heterocycles. The summed E-state index contributed by atoms with van der Waals surface area (Å²) in [4.78, 5) is 15.5. The van der Waals surface area contributed by atoms with Crippen molar-refractivity contribution in [1.29, 1.82) is 0 Å². The van der Waals surface area contributed by atoms with E-state index in [0.717, 1.165) is 15.3 Å². The molecule has 0 atom stereocenters. The van der Waals surface area contributed by atoms with E-state index in [1.54, 1.807) is 18.3 Å². The SMILES string of the molecule is COCCN(CC(N)=O)S(=O)(=O)c1cccc2cc(C)cnc12. The van der Waals surface area contributed by atoms with Gasteiger partial charge in [0.2, 0.25) is 15.9 Å². The molecule has 124 valence electrons. The van der Waals surface area contributed by atoms with Crippen molar-refractivity contribution in [3.63, 3.8) is 0 Å². The topological polar surface area (TPSA) is 103 Å². The number of methoxy groups -OCH3 is 1. The van der Waals surface area contributed by atoms with Crippen molar-refractivity contribution >= 4 is 26.8 Å². The first-order valence-electron chi connectivity index (χ1n) is 6.99. The van der Waals surface area contributed by atoms with Crippen molar-refractivity contribution in [2.45, 2.75) is 11.8 Å². The van der Waals surface area contributed by atoms with Crippen LogP contribution >= 0.6 is 0 Å². The first kappa shape index (κ1) is 17.3. The molecule has 0 bridgehead atoms. The maximum Gasteiger partial charge on any atom is 0.245 e. The van der Waals surface area contributed by atoms with E-state index in [0.29, 0.717) is 5.52 Å². The molecule has 2 rings (SSSR count). The van der Waals surface area contributed by atoms with Gasteiger partial charge in [0.1, 0.15) is 4.90 Å². The van der Waals surface area contributed by atoms with Crippen LogP contribution in [-0.2, 0) is 19.6 Å². The van der Waals surface area contributed by atoms with E-state index in [1.807, 2.05) is 13.0 Å². The van der Waals surface area contributed by atoms with Gasteiger partial charge in [0.05, 0.1) is 18.7 Å². The molecule has 1 aromatic carbocycles.